The van der Waals surface area contributed by atoms with Crippen molar-refractivity contribution in [2.45, 2.75) is 24.3 Å². The van der Waals surface area contributed by atoms with Gasteiger partial charge in [0.15, 0.2) is 0 Å². The van der Waals surface area contributed by atoms with Crippen molar-refractivity contribution in [1.82, 2.24) is 4.31 Å². The van der Waals surface area contributed by atoms with Gasteiger partial charge >= 0.3 is 6.09 Å². The summed E-state index contributed by atoms with van der Waals surface area (Å²) in [6.07, 6.45) is 1.02. The van der Waals surface area contributed by atoms with Crippen LogP contribution in [0.4, 0.5) is 10.5 Å². The van der Waals surface area contributed by atoms with Crippen molar-refractivity contribution in [3.05, 3.63) is 54.1 Å². The first-order valence-corrected chi connectivity index (χ1v) is 10.1. The summed E-state index contributed by atoms with van der Waals surface area (Å²) in [5.74, 6) is 0.354. The van der Waals surface area contributed by atoms with Crippen molar-refractivity contribution in [1.29, 1.82) is 0 Å². The van der Waals surface area contributed by atoms with Gasteiger partial charge in [0, 0.05) is 13.1 Å². The summed E-state index contributed by atoms with van der Waals surface area (Å²) in [4.78, 5) is 12.2. The second-order valence-corrected chi connectivity index (χ2v) is 8.10. The highest BCUT2D eigenvalue weighted by Gasteiger charge is 2.28. The van der Waals surface area contributed by atoms with Crippen LogP contribution < -0.4 is 10.1 Å². The van der Waals surface area contributed by atoms with Crippen LogP contribution in [0.25, 0.3) is 0 Å². The van der Waals surface area contributed by atoms with Gasteiger partial charge in [-0.2, -0.15) is 4.31 Å². The number of nitrogens with zero attached hydrogens (tertiary/aromatic N) is 1. The summed E-state index contributed by atoms with van der Waals surface area (Å²) < 4.78 is 37.3. The molecule has 0 saturated carbocycles. The molecule has 0 bridgehead atoms. The third-order valence-corrected chi connectivity index (χ3v) is 6.22. The lowest BCUT2D eigenvalue weighted by molar-refractivity contribution is 0.155. The van der Waals surface area contributed by atoms with Crippen molar-refractivity contribution in [2.24, 2.45) is 0 Å². The summed E-state index contributed by atoms with van der Waals surface area (Å²) in [6, 6.07) is 13.7. The summed E-state index contributed by atoms with van der Waals surface area (Å²) >= 11 is 0. The van der Waals surface area contributed by atoms with E-state index in [1.165, 1.54) is 29.6 Å². The first kappa shape index (κ1) is 19.2. The Morgan fingerprint density at radius 3 is 2.48 bits per heavy atom. The maximum absolute atomic E-state index is 12.7. The SMILES string of the molecule is COc1ccc(S(=O)(=O)N2CCCC2)cc1NC(=O)OCc1ccccc1. The van der Waals surface area contributed by atoms with E-state index in [2.05, 4.69) is 5.32 Å². The van der Waals surface area contributed by atoms with Gasteiger partial charge < -0.3 is 9.47 Å². The summed E-state index contributed by atoms with van der Waals surface area (Å²) in [5.41, 5.74) is 1.10. The molecule has 1 aliphatic heterocycles. The Hall–Kier alpha value is -2.58. The van der Waals surface area contributed by atoms with E-state index >= 15 is 0 Å². The summed E-state index contributed by atoms with van der Waals surface area (Å²) in [7, 11) is -2.14. The molecule has 8 heteroatoms. The van der Waals surface area contributed by atoms with Gasteiger partial charge in [-0.1, -0.05) is 30.3 Å². The fourth-order valence-electron chi connectivity index (χ4n) is 2.89. The Labute approximate surface area is 158 Å². The molecule has 1 aliphatic rings. The lowest BCUT2D eigenvalue weighted by Crippen LogP contribution is -2.28. The normalized spacial score (nSPS) is 14.7. The second-order valence-electron chi connectivity index (χ2n) is 6.16. The number of hydrogen-bond donors (Lipinski definition) is 1. The van der Waals surface area contributed by atoms with Gasteiger partial charge in [-0.05, 0) is 36.6 Å². The van der Waals surface area contributed by atoms with Crippen LogP contribution in [0.1, 0.15) is 18.4 Å². The zero-order valence-electron chi connectivity index (χ0n) is 15.1. The van der Waals surface area contributed by atoms with Crippen LogP contribution in [0.15, 0.2) is 53.4 Å². The zero-order chi connectivity index (χ0) is 19.3. The minimum atomic E-state index is -3.59. The number of anilines is 1. The van der Waals surface area contributed by atoms with Crippen molar-refractivity contribution in [2.75, 3.05) is 25.5 Å². The van der Waals surface area contributed by atoms with Gasteiger partial charge in [0.2, 0.25) is 10.0 Å². The van der Waals surface area contributed by atoms with E-state index in [-0.39, 0.29) is 17.2 Å². The molecule has 0 aliphatic carbocycles. The molecule has 1 fully saturated rings. The first-order valence-electron chi connectivity index (χ1n) is 8.66. The lowest BCUT2D eigenvalue weighted by Gasteiger charge is -2.17. The number of amides is 1. The van der Waals surface area contributed by atoms with Gasteiger partial charge in [-0.25, -0.2) is 13.2 Å². The van der Waals surface area contributed by atoms with Crippen molar-refractivity contribution in [3.63, 3.8) is 0 Å². The fraction of sp³-hybridized carbons (Fsp3) is 0.316. The molecule has 0 atom stereocenters. The fourth-order valence-corrected chi connectivity index (χ4v) is 4.44. The number of methoxy groups -OCH3 is 1. The predicted molar refractivity (Wildman–Crippen MR) is 101 cm³/mol. The molecule has 1 heterocycles. The van der Waals surface area contributed by atoms with Crippen LogP contribution in [-0.2, 0) is 21.4 Å². The van der Waals surface area contributed by atoms with Crippen LogP contribution in [0, 0.1) is 0 Å². The highest BCUT2D eigenvalue weighted by molar-refractivity contribution is 7.89. The minimum absolute atomic E-state index is 0.112. The van der Waals surface area contributed by atoms with Crippen LogP contribution in [0.5, 0.6) is 5.75 Å². The average Bonchev–Trinajstić information content (AvgIpc) is 3.23. The van der Waals surface area contributed by atoms with E-state index < -0.39 is 16.1 Å². The molecule has 0 aromatic heterocycles. The summed E-state index contributed by atoms with van der Waals surface area (Å²) in [5, 5.41) is 2.57. The number of sulfonamides is 1. The number of carbonyl (C=O) groups excluding carboxylic acids is 1. The topological polar surface area (TPSA) is 84.9 Å². The molecule has 144 valence electrons. The molecule has 0 unspecified atom stereocenters. The number of nitrogens with one attached hydrogen (secondary N) is 1. The number of hydrogen-bond acceptors (Lipinski definition) is 5. The van der Waals surface area contributed by atoms with E-state index in [1.807, 2.05) is 30.3 Å². The highest BCUT2D eigenvalue weighted by atomic mass is 32.2. The van der Waals surface area contributed by atoms with Crippen molar-refractivity contribution >= 4 is 21.8 Å². The van der Waals surface area contributed by atoms with E-state index in [4.69, 9.17) is 9.47 Å². The van der Waals surface area contributed by atoms with Gasteiger partial charge in [-0.15, -0.1) is 0 Å². The monoisotopic (exact) mass is 390 g/mol. The molecule has 1 N–H and O–H groups in total. The number of benzene rings is 2. The lowest BCUT2D eigenvalue weighted by atomic mass is 10.2. The highest BCUT2D eigenvalue weighted by Crippen LogP contribution is 2.30. The number of rotatable bonds is 6. The van der Waals surface area contributed by atoms with Crippen molar-refractivity contribution < 1.29 is 22.7 Å². The van der Waals surface area contributed by atoms with Crippen LogP contribution >= 0.6 is 0 Å². The quantitative estimate of drug-likeness (QED) is 0.819. The van der Waals surface area contributed by atoms with E-state index in [0.717, 1.165) is 18.4 Å². The molecular weight excluding hydrogens is 368 g/mol. The number of ether oxygens (including phenoxy) is 2. The Kier molecular flexibility index (Phi) is 5.98. The minimum Gasteiger partial charge on any atom is -0.495 e. The largest absolute Gasteiger partial charge is 0.495 e. The molecule has 3 rings (SSSR count). The Morgan fingerprint density at radius 1 is 1.11 bits per heavy atom. The second kappa shape index (κ2) is 8.41. The van der Waals surface area contributed by atoms with Crippen molar-refractivity contribution in [3.8, 4) is 5.75 Å². The van der Waals surface area contributed by atoms with E-state index in [0.29, 0.717) is 18.8 Å². The molecular formula is C19H22N2O5S. The molecule has 0 spiro atoms. The van der Waals surface area contributed by atoms with Crippen LogP contribution in [-0.4, -0.2) is 39.0 Å². The molecule has 0 radical (unpaired) electrons. The van der Waals surface area contributed by atoms with Gasteiger partial charge in [0.1, 0.15) is 12.4 Å². The van der Waals surface area contributed by atoms with Crippen LogP contribution in [0.3, 0.4) is 0 Å². The molecule has 2 aromatic carbocycles. The Morgan fingerprint density at radius 2 is 1.81 bits per heavy atom. The molecule has 7 nitrogen and oxygen atoms in total. The Bertz CT molecular complexity index is 894. The first-order chi connectivity index (χ1) is 13.0. The third kappa shape index (κ3) is 4.58. The molecule has 1 amide bonds. The van der Waals surface area contributed by atoms with E-state index in [9.17, 15) is 13.2 Å². The average molecular weight is 390 g/mol. The van der Waals surface area contributed by atoms with E-state index in [1.54, 1.807) is 0 Å². The standard InChI is InChI=1S/C19H22N2O5S/c1-25-18-10-9-16(27(23,24)21-11-5-6-12-21)13-17(18)20-19(22)26-14-15-7-3-2-4-8-15/h2-4,7-10,13H,5-6,11-12,14H2,1H3,(H,20,22). The Balaban J connectivity index is 1.74. The third-order valence-electron chi connectivity index (χ3n) is 4.32. The molecule has 27 heavy (non-hydrogen) atoms. The van der Waals surface area contributed by atoms with Gasteiger partial charge in [0.25, 0.3) is 0 Å². The smallest absolute Gasteiger partial charge is 0.412 e. The maximum atomic E-state index is 12.7. The predicted octanol–water partition coefficient (Wildman–Crippen LogP) is 3.23. The maximum Gasteiger partial charge on any atom is 0.412 e. The van der Waals surface area contributed by atoms with Crippen LogP contribution in [0.2, 0.25) is 0 Å². The van der Waals surface area contributed by atoms with Gasteiger partial charge in [-0.3, -0.25) is 5.32 Å². The number of carbonyl (C=O) groups is 1. The zero-order valence-corrected chi connectivity index (χ0v) is 15.9. The summed E-state index contributed by atoms with van der Waals surface area (Å²) in [6.45, 7) is 1.13. The van der Waals surface area contributed by atoms with Gasteiger partial charge in [0.05, 0.1) is 17.7 Å². The molecule has 2 aromatic rings. The molecule has 1 saturated heterocycles.